The normalized spacial score (nSPS) is 15.8. The second-order valence-electron chi connectivity index (χ2n) is 14.5. The molecule has 1 rings (SSSR count). The molecule has 0 bridgehead atoms. The predicted octanol–water partition coefficient (Wildman–Crippen LogP) is 11.1. The molecule has 0 radical (unpaired) electrons. The molecule has 1 heterocycles. The van der Waals surface area contributed by atoms with Crippen LogP contribution < -0.4 is 0 Å². The second kappa shape index (κ2) is 33.2. The molecule has 8 nitrogen and oxygen atoms in total. The Morgan fingerprint density at radius 3 is 1.90 bits per heavy atom. The van der Waals surface area contributed by atoms with Crippen molar-refractivity contribution in [2.24, 2.45) is 11.8 Å². The van der Waals surface area contributed by atoms with Crippen molar-refractivity contribution in [3.05, 3.63) is 36.0 Å². The largest absolute Gasteiger partial charge is 0.508 e. The van der Waals surface area contributed by atoms with E-state index in [-0.39, 0.29) is 25.8 Å². The Morgan fingerprint density at radius 1 is 0.647 bits per heavy atom. The van der Waals surface area contributed by atoms with E-state index in [9.17, 15) is 14.4 Å². The summed E-state index contributed by atoms with van der Waals surface area (Å²) in [6.45, 7) is 8.73. The number of rotatable bonds is 32. The minimum absolute atomic E-state index is 0.00936. The van der Waals surface area contributed by atoms with E-state index < -0.39 is 18.0 Å². The Hall–Kier alpha value is -2.61. The second-order valence-corrected chi connectivity index (χ2v) is 14.5. The molecule has 51 heavy (non-hydrogen) atoms. The number of carbonyl (C=O) groups excluding carboxylic acids is 3. The van der Waals surface area contributed by atoms with E-state index in [0.29, 0.717) is 18.9 Å². The predicted molar refractivity (Wildman–Crippen MR) is 209 cm³/mol. The third-order valence-corrected chi connectivity index (χ3v) is 9.41. The molecule has 0 saturated carbocycles. The average Bonchev–Trinajstić information content (AvgIpc) is 3.55. The summed E-state index contributed by atoms with van der Waals surface area (Å²) in [7, 11) is 2.05. The monoisotopic (exact) mass is 718 g/mol. The van der Waals surface area contributed by atoms with Crippen molar-refractivity contribution in [3.63, 3.8) is 0 Å². The van der Waals surface area contributed by atoms with E-state index in [4.69, 9.17) is 18.9 Å². The van der Waals surface area contributed by atoms with Gasteiger partial charge in [0.15, 0.2) is 0 Å². The molecule has 2 unspecified atom stereocenters. The Bertz CT molecular complexity index is 975. The molecular weight excluding hydrogens is 642 g/mol. The fraction of sp³-hybridized carbons (Fsp3) is 0.791. The zero-order chi connectivity index (χ0) is 37.2. The first-order valence-electron chi connectivity index (χ1n) is 20.7. The highest BCUT2D eigenvalue weighted by atomic mass is 16.7. The molecule has 0 aromatic carbocycles. The lowest BCUT2D eigenvalue weighted by Gasteiger charge is -2.18. The number of esters is 2. The van der Waals surface area contributed by atoms with Crippen molar-refractivity contribution < 1.29 is 33.3 Å². The summed E-state index contributed by atoms with van der Waals surface area (Å²) in [4.78, 5) is 39.9. The van der Waals surface area contributed by atoms with Gasteiger partial charge in [-0.2, -0.15) is 0 Å². The molecular formula is C43H75NO7. The third kappa shape index (κ3) is 28.6. The molecule has 8 heteroatoms. The van der Waals surface area contributed by atoms with Gasteiger partial charge in [0.05, 0.1) is 12.5 Å². The van der Waals surface area contributed by atoms with E-state index in [1.165, 1.54) is 51.4 Å². The minimum Gasteiger partial charge on any atom is -0.465 e. The topological polar surface area (TPSA) is 91.4 Å². The highest BCUT2D eigenvalue weighted by molar-refractivity contribution is 5.82. The fourth-order valence-corrected chi connectivity index (χ4v) is 6.12. The van der Waals surface area contributed by atoms with Crippen LogP contribution in [0.15, 0.2) is 36.0 Å². The van der Waals surface area contributed by atoms with Gasteiger partial charge >= 0.3 is 18.1 Å². The Kier molecular flexibility index (Phi) is 30.2. The first kappa shape index (κ1) is 46.4. The van der Waals surface area contributed by atoms with Crippen LogP contribution in [0.2, 0.25) is 0 Å². The summed E-state index contributed by atoms with van der Waals surface area (Å²) in [5, 5.41) is 0. The molecule has 294 valence electrons. The van der Waals surface area contributed by atoms with Gasteiger partial charge in [0.25, 0.3) is 0 Å². The van der Waals surface area contributed by atoms with Crippen molar-refractivity contribution in [1.29, 1.82) is 0 Å². The summed E-state index contributed by atoms with van der Waals surface area (Å²) in [6.07, 6.45) is 33.4. The molecule has 0 amide bonds. The zero-order valence-electron chi connectivity index (χ0n) is 33.1. The summed E-state index contributed by atoms with van der Waals surface area (Å²) in [6, 6.07) is 0. The van der Waals surface area contributed by atoms with Crippen LogP contribution in [-0.4, -0.2) is 69.6 Å². The average molecular weight is 718 g/mol. The molecule has 1 aliphatic heterocycles. The van der Waals surface area contributed by atoms with Crippen LogP contribution >= 0.6 is 0 Å². The molecule has 0 aromatic rings. The van der Waals surface area contributed by atoms with Crippen molar-refractivity contribution in [3.8, 4) is 0 Å². The lowest BCUT2D eigenvalue weighted by Crippen LogP contribution is -2.27. The van der Waals surface area contributed by atoms with Crippen LogP contribution in [0.25, 0.3) is 0 Å². The number of carbonyl (C=O) groups is 3. The van der Waals surface area contributed by atoms with Crippen molar-refractivity contribution in [2.45, 2.75) is 162 Å². The van der Waals surface area contributed by atoms with Gasteiger partial charge in [-0.1, -0.05) is 115 Å². The minimum atomic E-state index is -0.748. The first-order valence-corrected chi connectivity index (χ1v) is 20.7. The van der Waals surface area contributed by atoms with Gasteiger partial charge in [0.1, 0.15) is 19.8 Å². The van der Waals surface area contributed by atoms with Crippen molar-refractivity contribution in [1.82, 2.24) is 4.90 Å². The number of allylic oxidation sites excluding steroid dienone is 5. The molecule has 0 N–H and O–H groups in total. The Labute approximate surface area is 312 Å². The van der Waals surface area contributed by atoms with Crippen LogP contribution in [0.5, 0.6) is 0 Å². The number of hydrogen-bond acceptors (Lipinski definition) is 8. The van der Waals surface area contributed by atoms with Gasteiger partial charge < -0.3 is 23.8 Å². The van der Waals surface area contributed by atoms with Gasteiger partial charge in [-0.25, -0.2) is 9.59 Å². The quantitative estimate of drug-likeness (QED) is 0.0223. The summed E-state index contributed by atoms with van der Waals surface area (Å²) >= 11 is 0. The fourth-order valence-electron chi connectivity index (χ4n) is 6.12. The van der Waals surface area contributed by atoms with Crippen LogP contribution in [0.4, 0.5) is 4.79 Å². The van der Waals surface area contributed by atoms with Crippen molar-refractivity contribution in [2.75, 3.05) is 46.6 Å². The van der Waals surface area contributed by atoms with Crippen molar-refractivity contribution >= 4 is 18.1 Å². The van der Waals surface area contributed by atoms with Gasteiger partial charge in [-0.05, 0) is 84.2 Å². The molecule has 0 aromatic heterocycles. The van der Waals surface area contributed by atoms with E-state index in [2.05, 4.69) is 57.0 Å². The lowest BCUT2D eigenvalue weighted by atomic mass is 10.0. The van der Waals surface area contributed by atoms with Crippen LogP contribution in [0.1, 0.15) is 162 Å². The third-order valence-electron chi connectivity index (χ3n) is 9.41. The number of likely N-dealkylation sites (tertiary alicyclic amines) is 1. The number of hydrogen-bond donors (Lipinski definition) is 0. The van der Waals surface area contributed by atoms with E-state index >= 15 is 0 Å². The van der Waals surface area contributed by atoms with Gasteiger partial charge in [0, 0.05) is 25.0 Å². The summed E-state index contributed by atoms with van der Waals surface area (Å²) in [5.74, 6) is -0.859. The van der Waals surface area contributed by atoms with Crippen LogP contribution in [-0.2, 0) is 28.5 Å². The molecule has 2 atom stereocenters. The van der Waals surface area contributed by atoms with Crippen LogP contribution in [0.3, 0.4) is 0 Å². The van der Waals surface area contributed by atoms with Gasteiger partial charge in [-0.3, -0.25) is 4.79 Å². The van der Waals surface area contributed by atoms with E-state index in [0.717, 1.165) is 102 Å². The first-order chi connectivity index (χ1) is 24.9. The Balaban J connectivity index is 2.46. The number of ether oxygens (including phenoxy) is 4. The summed E-state index contributed by atoms with van der Waals surface area (Å²) in [5.41, 5.74) is 1.12. The number of nitrogens with zero attached hydrogens (tertiary/aromatic N) is 1. The SMILES string of the molecule is CCCCC/C=C\C/C=C\CCCCCCCC(=O)OCC(COC(=O)/C=C(\CCCC)CCCCCCC)COC(=O)OCC1CCN(C)C1. The summed E-state index contributed by atoms with van der Waals surface area (Å²) < 4.78 is 21.9. The van der Waals surface area contributed by atoms with E-state index in [1.807, 2.05) is 0 Å². The highest BCUT2D eigenvalue weighted by Gasteiger charge is 2.22. The Morgan fingerprint density at radius 2 is 1.22 bits per heavy atom. The number of unbranched alkanes of at least 4 members (excludes halogenated alkanes) is 13. The highest BCUT2D eigenvalue weighted by Crippen LogP contribution is 2.18. The van der Waals surface area contributed by atoms with Crippen LogP contribution in [0, 0.1) is 11.8 Å². The molecule has 0 spiro atoms. The smallest absolute Gasteiger partial charge is 0.465 e. The molecule has 0 aliphatic carbocycles. The molecule has 1 aliphatic rings. The van der Waals surface area contributed by atoms with Gasteiger partial charge in [0.2, 0.25) is 0 Å². The standard InChI is InChI=1S/C43H75NO7/c1-5-8-11-13-14-15-16-17-18-19-20-21-22-24-26-29-41(45)48-35-40(37-51-43(47)50-34-39-30-31-44(4)33-39)36-49-42(46)32-38(27-10-7-3)28-25-23-12-9-6-2/h14-15,17-18,32,39-40H,5-13,16,19-31,33-37H2,1-4H3/b15-14-,18-17-,38-32+. The van der Waals surface area contributed by atoms with E-state index in [1.54, 1.807) is 6.08 Å². The maximum Gasteiger partial charge on any atom is 0.508 e. The van der Waals surface area contributed by atoms with Gasteiger partial charge in [-0.15, -0.1) is 0 Å². The maximum atomic E-state index is 12.8. The zero-order valence-corrected chi connectivity index (χ0v) is 33.1. The molecule has 1 saturated heterocycles. The molecule has 1 fully saturated rings. The lowest BCUT2D eigenvalue weighted by molar-refractivity contribution is -0.148. The maximum absolute atomic E-state index is 12.8.